The van der Waals surface area contributed by atoms with Crippen LogP contribution in [0, 0.1) is 5.92 Å². The summed E-state index contributed by atoms with van der Waals surface area (Å²) in [5.74, 6) is -0.404. The van der Waals surface area contributed by atoms with E-state index in [2.05, 4.69) is 5.32 Å². The molecule has 1 aliphatic carbocycles. The number of aromatic nitrogens is 1. The molecule has 2 unspecified atom stereocenters. The third-order valence-electron chi connectivity index (χ3n) is 7.57. The van der Waals surface area contributed by atoms with Crippen molar-refractivity contribution in [3.63, 3.8) is 0 Å². The Morgan fingerprint density at radius 1 is 1.10 bits per heavy atom. The number of hydrogen-bond acceptors (Lipinski definition) is 7. The van der Waals surface area contributed by atoms with E-state index in [1.165, 1.54) is 31.3 Å². The van der Waals surface area contributed by atoms with Gasteiger partial charge >= 0.3 is 0 Å². The van der Waals surface area contributed by atoms with E-state index in [9.17, 15) is 33.3 Å². The maximum atomic E-state index is 12.9. The SMILES string of the molecule is CC(CNC(=O)c1ccccc1O)(CC(O)n1ccc(-c2ccc(CC3CC(O)C3)cc2)cc1=O)S(C)(=O)=O. The number of carbonyl (C=O) groups excluding carboxylic acids is 1. The summed E-state index contributed by atoms with van der Waals surface area (Å²) in [7, 11) is -3.80. The van der Waals surface area contributed by atoms with Crippen molar-refractivity contribution >= 4 is 15.7 Å². The highest BCUT2D eigenvalue weighted by Gasteiger charge is 2.39. The van der Waals surface area contributed by atoms with Crippen molar-refractivity contribution in [3.8, 4) is 16.9 Å². The lowest BCUT2D eigenvalue weighted by Gasteiger charge is -2.31. The van der Waals surface area contributed by atoms with E-state index >= 15 is 0 Å². The van der Waals surface area contributed by atoms with E-state index in [-0.39, 0.29) is 30.4 Å². The van der Waals surface area contributed by atoms with Gasteiger partial charge in [-0.3, -0.25) is 14.2 Å². The highest BCUT2D eigenvalue weighted by molar-refractivity contribution is 7.92. The number of aliphatic hydroxyl groups is 2. The highest BCUT2D eigenvalue weighted by Crippen LogP contribution is 2.31. The smallest absolute Gasteiger partial charge is 0.255 e. The van der Waals surface area contributed by atoms with Crippen molar-refractivity contribution < 1.29 is 28.5 Å². The van der Waals surface area contributed by atoms with Crippen molar-refractivity contribution in [2.45, 2.75) is 49.7 Å². The molecule has 0 spiro atoms. The molecule has 2 aromatic carbocycles. The second-order valence-electron chi connectivity index (χ2n) is 10.7. The number of carbonyl (C=O) groups is 1. The van der Waals surface area contributed by atoms with Crippen LogP contribution >= 0.6 is 0 Å². The number of amides is 1. The molecule has 9 nitrogen and oxygen atoms in total. The number of nitrogens with zero attached hydrogens (tertiary/aromatic N) is 1. The van der Waals surface area contributed by atoms with Gasteiger partial charge in [-0.05, 0) is 67.0 Å². The molecular formula is C29H34N2O7S. The molecule has 39 heavy (non-hydrogen) atoms. The molecule has 0 saturated heterocycles. The van der Waals surface area contributed by atoms with Gasteiger partial charge in [-0.2, -0.15) is 0 Å². The van der Waals surface area contributed by atoms with Crippen molar-refractivity contribution in [1.82, 2.24) is 9.88 Å². The first-order valence-corrected chi connectivity index (χ1v) is 14.7. The molecular weight excluding hydrogens is 520 g/mol. The Balaban J connectivity index is 1.46. The van der Waals surface area contributed by atoms with Gasteiger partial charge in [0.25, 0.3) is 11.5 Å². The number of nitrogens with one attached hydrogen (secondary N) is 1. The number of pyridine rings is 1. The van der Waals surface area contributed by atoms with Gasteiger partial charge in [0, 0.05) is 31.5 Å². The average molecular weight is 555 g/mol. The Morgan fingerprint density at radius 2 is 1.77 bits per heavy atom. The number of para-hydroxylation sites is 1. The summed E-state index contributed by atoms with van der Waals surface area (Å²) in [4.78, 5) is 25.4. The van der Waals surface area contributed by atoms with Gasteiger partial charge < -0.3 is 20.6 Å². The van der Waals surface area contributed by atoms with Crippen LogP contribution in [0.3, 0.4) is 0 Å². The van der Waals surface area contributed by atoms with Gasteiger partial charge in [0.15, 0.2) is 9.84 Å². The first kappa shape index (κ1) is 28.5. The van der Waals surface area contributed by atoms with Crippen LogP contribution in [0.4, 0.5) is 0 Å². The fraction of sp³-hybridized carbons (Fsp3) is 0.379. The van der Waals surface area contributed by atoms with Gasteiger partial charge in [-0.15, -0.1) is 0 Å². The first-order chi connectivity index (χ1) is 18.4. The number of phenols is 1. The minimum absolute atomic E-state index is 0.00410. The predicted octanol–water partition coefficient (Wildman–Crippen LogP) is 2.65. The van der Waals surface area contributed by atoms with Crippen LogP contribution in [-0.4, -0.2) is 57.9 Å². The second-order valence-corrected chi connectivity index (χ2v) is 13.2. The monoisotopic (exact) mass is 554 g/mol. The number of hydrogen-bond donors (Lipinski definition) is 4. The van der Waals surface area contributed by atoms with Gasteiger partial charge in [0.05, 0.1) is 16.4 Å². The molecule has 1 heterocycles. The lowest BCUT2D eigenvalue weighted by molar-refractivity contribution is 0.0432. The fourth-order valence-corrected chi connectivity index (χ4v) is 5.60. The number of phenolic OH excluding ortho intramolecular Hbond substituents is 1. The van der Waals surface area contributed by atoms with E-state index in [1.807, 2.05) is 24.3 Å². The summed E-state index contributed by atoms with van der Waals surface area (Å²) >= 11 is 0. The molecule has 4 N–H and O–H groups in total. The second kappa shape index (κ2) is 11.3. The Bertz CT molecular complexity index is 1490. The molecule has 0 radical (unpaired) electrons. The third kappa shape index (κ3) is 6.58. The Kier molecular flexibility index (Phi) is 8.29. The van der Waals surface area contributed by atoms with Crippen molar-refractivity contribution in [2.75, 3.05) is 12.8 Å². The van der Waals surface area contributed by atoms with Crippen LogP contribution in [-0.2, 0) is 16.3 Å². The minimum atomic E-state index is -3.80. The summed E-state index contributed by atoms with van der Waals surface area (Å²) < 4.78 is 24.8. The summed E-state index contributed by atoms with van der Waals surface area (Å²) in [6, 6.07) is 16.8. The topological polar surface area (TPSA) is 146 Å². The quantitative estimate of drug-likeness (QED) is 0.301. The van der Waals surface area contributed by atoms with Crippen molar-refractivity contribution in [1.29, 1.82) is 0 Å². The standard InChI is InChI=1S/C29H34N2O7S/c1-29(39(2,37)38,18-30-28(36)24-5-3-4-6-25(24)33)17-27(35)31-12-11-22(16-26(31)34)21-9-7-19(8-10-21)13-20-14-23(32)15-20/h3-12,16,20,23,27,32-33,35H,13-15,17-18H2,1-2H3,(H,30,36). The number of rotatable bonds is 10. The molecule has 2 atom stereocenters. The first-order valence-electron chi connectivity index (χ1n) is 12.8. The lowest BCUT2D eigenvalue weighted by atomic mass is 9.78. The zero-order valence-corrected chi connectivity index (χ0v) is 22.8. The van der Waals surface area contributed by atoms with E-state index in [1.54, 1.807) is 18.2 Å². The molecule has 1 aromatic heterocycles. The molecule has 208 valence electrons. The molecule has 0 bridgehead atoms. The van der Waals surface area contributed by atoms with E-state index < -0.39 is 32.3 Å². The molecule has 1 saturated carbocycles. The van der Waals surface area contributed by atoms with Crippen molar-refractivity contribution in [2.24, 2.45) is 5.92 Å². The zero-order valence-electron chi connectivity index (χ0n) is 21.9. The van der Waals surface area contributed by atoms with Gasteiger partial charge in [-0.1, -0.05) is 36.4 Å². The van der Waals surface area contributed by atoms with Crippen molar-refractivity contribution in [3.05, 3.63) is 88.3 Å². The van der Waals surface area contributed by atoms with E-state index in [0.29, 0.717) is 11.5 Å². The fourth-order valence-electron chi connectivity index (χ4n) is 4.82. The van der Waals surface area contributed by atoms with Crippen LogP contribution in [0.15, 0.2) is 71.7 Å². The molecule has 4 rings (SSSR count). The summed E-state index contributed by atoms with van der Waals surface area (Å²) in [6.45, 7) is 1.05. The lowest BCUT2D eigenvalue weighted by Crippen LogP contribution is -2.48. The van der Waals surface area contributed by atoms with Crippen LogP contribution in [0.25, 0.3) is 11.1 Å². The van der Waals surface area contributed by atoms with Gasteiger partial charge in [0.2, 0.25) is 0 Å². The third-order valence-corrected chi connectivity index (χ3v) is 9.67. The number of aromatic hydroxyl groups is 1. The average Bonchev–Trinajstić information content (AvgIpc) is 2.86. The summed E-state index contributed by atoms with van der Waals surface area (Å²) in [5.41, 5.74) is 2.15. The predicted molar refractivity (Wildman–Crippen MR) is 148 cm³/mol. The Labute approximate surface area is 227 Å². The molecule has 0 aliphatic heterocycles. The highest BCUT2D eigenvalue weighted by atomic mass is 32.2. The van der Waals surface area contributed by atoms with E-state index in [4.69, 9.17) is 0 Å². The van der Waals surface area contributed by atoms with Crippen LogP contribution in [0.1, 0.15) is 48.3 Å². The number of benzene rings is 2. The Morgan fingerprint density at radius 3 is 2.36 bits per heavy atom. The maximum absolute atomic E-state index is 12.9. The maximum Gasteiger partial charge on any atom is 0.255 e. The largest absolute Gasteiger partial charge is 0.507 e. The van der Waals surface area contributed by atoms with Gasteiger partial charge in [-0.25, -0.2) is 8.42 Å². The summed E-state index contributed by atoms with van der Waals surface area (Å²) in [5, 5.41) is 32.8. The normalized spacial score (nSPS) is 19.5. The molecule has 1 aliphatic rings. The zero-order chi connectivity index (χ0) is 28.4. The Hall–Kier alpha value is -3.47. The summed E-state index contributed by atoms with van der Waals surface area (Å²) in [6.07, 6.45) is 2.98. The van der Waals surface area contributed by atoms with E-state index in [0.717, 1.165) is 41.2 Å². The number of sulfone groups is 1. The minimum Gasteiger partial charge on any atom is -0.507 e. The molecule has 10 heteroatoms. The molecule has 1 amide bonds. The van der Waals surface area contributed by atoms with Crippen LogP contribution < -0.4 is 10.9 Å². The molecule has 3 aromatic rings. The molecule has 1 fully saturated rings. The number of aliphatic hydroxyl groups excluding tert-OH is 2. The van der Waals surface area contributed by atoms with Gasteiger partial charge in [0.1, 0.15) is 12.0 Å². The van der Waals surface area contributed by atoms with Crippen LogP contribution in [0.2, 0.25) is 0 Å². The van der Waals surface area contributed by atoms with Crippen LogP contribution in [0.5, 0.6) is 5.75 Å².